The van der Waals surface area contributed by atoms with Gasteiger partial charge < -0.3 is 5.32 Å². The van der Waals surface area contributed by atoms with E-state index in [0.29, 0.717) is 17.7 Å². The summed E-state index contributed by atoms with van der Waals surface area (Å²) in [4.78, 5) is 12.0. The van der Waals surface area contributed by atoms with Gasteiger partial charge in [-0.15, -0.1) is 0 Å². The molecular weight excluding hydrogens is 304 g/mol. The Morgan fingerprint density at radius 2 is 1.95 bits per heavy atom. The van der Waals surface area contributed by atoms with Gasteiger partial charge >= 0.3 is 0 Å². The van der Waals surface area contributed by atoms with E-state index in [1.807, 2.05) is 24.3 Å². The number of carbonyl (C=O) groups is 1. The van der Waals surface area contributed by atoms with Gasteiger partial charge in [-0.25, -0.2) is 0 Å². The molecule has 0 aliphatic rings. The number of benzene rings is 2. The van der Waals surface area contributed by atoms with Gasteiger partial charge in [-0.05, 0) is 35.9 Å². The fourth-order valence-corrected chi connectivity index (χ4v) is 2.03. The highest BCUT2D eigenvalue weighted by atomic mass is 79.9. The number of carbonyl (C=O) groups excluding carboxylic acids is 1. The van der Waals surface area contributed by atoms with Crippen molar-refractivity contribution >= 4 is 27.5 Å². The summed E-state index contributed by atoms with van der Waals surface area (Å²) < 4.78 is 0.865. The Kier molecular flexibility index (Phi) is 4.32. The molecule has 0 radical (unpaired) electrons. The first-order valence-corrected chi connectivity index (χ1v) is 6.51. The van der Waals surface area contributed by atoms with E-state index in [2.05, 4.69) is 27.3 Å². The number of nitriles is 1. The Morgan fingerprint density at radius 1 is 1.21 bits per heavy atom. The van der Waals surface area contributed by atoms with Crippen LogP contribution >= 0.6 is 15.9 Å². The smallest absolute Gasteiger partial charge is 0.255 e. The third kappa shape index (κ3) is 3.67. The van der Waals surface area contributed by atoms with Crippen LogP contribution in [-0.4, -0.2) is 5.91 Å². The first kappa shape index (κ1) is 13.3. The van der Waals surface area contributed by atoms with E-state index in [9.17, 15) is 4.79 Å². The number of halogens is 1. The molecule has 2 aromatic carbocycles. The van der Waals surface area contributed by atoms with Crippen LogP contribution in [0.15, 0.2) is 53.0 Å². The minimum atomic E-state index is -0.158. The predicted molar refractivity (Wildman–Crippen MR) is 77.9 cm³/mol. The third-order valence-electron chi connectivity index (χ3n) is 2.58. The summed E-state index contributed by atoms with van der Waals surface area (Å²) >= 11 is 3.33. The molecule has 0 aliphatic heterocycles. The Bertz CT molecular complexity index is 629. The number of nitrogens with zero attached hydrogens (tertiary/aromatic N) is 1. The van der Waals surface area contributed by atoms with E-state index in [4.69, 9.17) is 5.26 Å². The molecule has 0 fully saturated rings. The van der Waals surface area contributed by atoms with Crippen LogP contribution in [-0.2, 0) is 6.42 Å². The van der Waals surface area contributed by atoms with Crippen LogP contribution in [0, 0.1) is 11.3 Å². The molecular formula is C15H11BrN2O. The maximum absolute atomic E-state index is 12.0. The Morgan fingerprint density at radius 3 is 2.58 bits per heavy atom. The number of anilines is 1. The summed E-state index contributed by atoms with van der Waals surface area (Å²) in [6.07, 6.45) is 0.375. The van der Waals surface area contributed by atoms with Crippen molar-refractivity contribution in [1.82, 2.24) is 0 Å². The standard InChI is InChI=1S/C15H11BrN2O/c16-13-3-1-2-12(10-13)15(19)18-14-6-4-11(5-7-14)8-9-17/h1-7,10H,8H2,(H,18,19). The van der Waals surface area contributed by atoms with Gasteiger partial charge in [-0.1, -0.05) is 34.1 Å². The topological polar surface area (TPSA) is 52.9 Å². The molecule has 0 spiro atoms. The number of nitrogens with one attached hydrogen (secondary N) is 1. The lowest BCUT2D eigenvalue weighted by Gasteiger charge is -2.06. The second kappa shape index (κ2) is 6.17. The highest BCUT2D eigenvalue weighted by Crippen LogP contribution is 2.15. The molecule has 0 bridgehead atoms. The Balaban J connectivity index is 2.09. The van der Waals surface area contributed by atoms with E-state index in [1.54, 1.807) is 24.3 Å². The Labute approximate surface area is 120 Å². The van der Waals surface area contributed by atoms with Gasteiger partial charge in [0.2, 0.25) is 0 Å². The molecule has 2 rings (SSSR count). The maximum atomic E-state index is 12.0. The summed E-state index contributed by atoms with van der Waals surface area (Å²) in [5, 5.41) is 11.4. The summed E-state index contributed by atoms with van der Waals surface area (Å²) in [6, 6.07) is 16.5. The van der Waals surface area contributed by atoms with Gasteiger partial charge in [-0.3, -0.25) is 4.79 Å². The molecule has 0 unspecified atom stereocenters. The van der Waals surface area contributed by atoms with Crippen molar-refractivity contribution in [2.24, 2.45) is 0 Å². The Hall–Kier alpha value is -2.12. The number of hydrogen-bond acceptors (Lipinski definition) is 2. The van der Waals surface area contributed by atoms with Crippen molar-refractivity contribution in [1.29, 1.82) is 5.26 Å². The zero-order chi connectivity index (χ0) is 13.7. The van der Waals surface area contributed by atoms with Gasteiger partial charge in [-0.2, -0.15) is 5.26 Å². The van der Waals surface area contributed by atoms with Crippen LogP contribution < -0.4 is 5.32 Å². The highest BCUT2D eigenvalue weighted by Gasteiger charge is 2.06. The molecule has 0 saturated heterocycles. The van der Waals surface area contributed by atoms with Gasteiger partial charge in [0, 0.05) is 15.7 Å². The zero-order valence-corrected chi connectivity index (χ0v) is 11.6. The normalized spacial score (nSPS) is 9.68. The van der Waals surface area contributed by atoms with Crippen LogP contribution in [0.2, 0.25) is 0 Å². The van der Waals surface area contributed by atoms with Gasteiger partial charge in [0.25, 0.3) is 5.91 Å². The second-order valence-corrected chi connectivity index (χ2v) is 4.91. The summed E-state index contributed by atoms with van der Waals surface area (Å²) in [7, 11) is 0. The molecule has 0 atom stereocenters. The number of rotatable bonds is 3. The van der Waals surface area contributed by atoms with Gasteiger partial charge in [0.05, 0.1) is 12.5 Å². The lowest BCUT2D eigenvalue weighted by molar-refractivity contribution is 0.102. The minimum Gasteiger partial charge on any atom is -0.322 e. The van der Waals surface area contributed by atoms with Crippen molar-refractivity contribution < 1.29 is 4.79 Å². The molecule has 0 saturated carbocycles. The fourth-order valence-electron chi connectivity index (χ4n) is 1.63. The van der Waals surface area contributed by atoms with Crippen LogP contribution in [0.4, 0.5) is 5.69 Å². The molecule has 0 aromatic heterocycles. The van der Waals surface area contributed by atoms with Crippen LogP contribution in [0.3, 0.4) is 0 Å². The fraction of sp³-hybridized carbons (Fsp3) is 0.0667. The van der Waals surface area contributed by atoms with Gasteiger partial charge in [0.1, 0.15) is 0 Å². The quantitative estimate of drug-likeness (QED) is 0.937. The van der Waals surface area contributed by atoms with E-state index >= 15 is 0 Å². The molecule has 1 N–H and O–H groups in total. The summed E-state index contributed by atoms with van der Waals surface area (Å²) in [5.74, 6) is -0.158. The predicted octanol–water partition coefficient (Wildman–Crippen LogP) is 3.77. The van der Waals surface area contributed by atoms with Crippen molar-refractivity contribution in [2.45, 2.75) is 6.42 Å². The lowest BCUT2D eigenvalue weighted by Crippen LogP contribution is -2.11. The van der Waals surface area contributed by atoms with Crippen LogP contribution in [0.5, 0.6) is 0 Å². The van der Waals surface area contributed by atoms with Crippen molar-refractivity contribution in [3.8, 4) is 6.07 Å². The zero-order valence-electron chi connectivity index (χ0n) is 10.1. The van der Waals surface area contributed by atoms with Crippen molar-refractivity contribution in [3.63, 3.8) is 0 Å². The first-order chi connectivity index (χ1) is 9.19. The first-order valence-electron chi connectivity index (χ1n) is 5.72. The average Bonchev–Trinajstić information content (AvgIpc) is 2.41. The van der Waals surface area contributed by atoms with Crippen LogP contribution in [0.1, 0.15) is 15.9 Å². The monoisotopic (exact) mass is 314 g/mol. The van der Waals surface area contributed by atoms with Crippen LogP contribution in [0.25, 0.3) is 0 Å². The lowest BCUT2D eigenvalue weighted by atomic mass is 10.1. The van der Waals surface area contributed by atoms with E-state index in [-0.39, 0.29) is 5.91 Å². The molecule has 4 heteroatoms. The molecule has 19 heavy (non-hydrogen) atoms. The molecule has 94 valence electrons. The number of hydrogen-bond donors (Lipinski definition) is 1. The van der Waals surface area contributed by atoms with Gasteiger partial charge in [0.15, 0.2) is 0 Å². The summed E-state index contributed by atoms with van der Waals surface area (Å²) in [6.45, 7) is 0. The van der Waals surface area contributed by atoms with Crippen molar-refractivity contribution in [3.05, 3.63) is 64.1 Å². The molecule has 0 heterocycles. The van der Waals surface area contributed by atoms with E-state index in [1.165, 1.54) is 0 Å². The third-order valence-corrected chi connectivity index (χ3v) is 3.08. The highest BCUT2D eigenvalue weighted by molar-refractivity contribution is 9.10. The molecule has 1 amide bonds. The average molecular weight is 315 g/mol. The molecule has 0 aliphatic carbocycles. The minimum absolute atomic E-state index is 0.158. The second-order valence-electron chi connectivity index (χ2n) is 4.00. The van der Waals surface area contributed by atoms with E-state index in [0.717, 1.165) is 10.0 Å². The SMILES string of the molecule is N#CCc1ccc(NC(=O)c2cccc(Br)c2)cc1. The maximum Gasteiger partial charge on any atom is 0.255 e. The van der Waals surface area contributed by atoms with Crippen molar-refractivity contribution in [2.75, 3.05) is 5.32 Å². The molecule has 3 nitrogen and oxygen atoms in total. The molecule has 2 aromatic rings. The van der Waals surface area contributed by atoms with E-state index < -0.39 is 0 Å². The summed E-state index contributed by atoms with van der Waals surface area (Å²) in [5.41, 5.74) is 2.24. The number of amides is 1. The largest absolute Gasteiger partial charge is 0.322 e.